The van der Waals surface area contributed by atoms with E-state index in [4.69, 9.17) is 4.74 Å². The molecule has 0 aliphatic carbocycles. The van der Waals surface area contributed by atoms with Gasteiger partial charge in [-0.3, -0.25) is 4.79 Å². The predicted octanol–water partition coefficient (Wildman–Crippen LogP) is 3.74. The van der Waals surface area contributed by atoms with Gasteiger partial charge in [0.05, 0.1) is 21.9 Å². The Balaban J connectivity index is 1.55. The Hall–Kier alpha value is -2.03. The number of carbonyl (C=O) groups excluding carboxylic acids is 2. The zero-order valence-electron chi connectivity index (χ0n) is 15.5. The van der Waals surface area contributed by atoms with E-state index < -0.39 is 16.0 Å². The molecule has 1 aromatic heterocycles. The molecular formula is C20H23NO5S2. The highest BCUT2D eigenvalue weighted by atomic mass is 32.2. The highest BCUT2D eigenvalue weighted by Gasteiger charge is 2.26. The highest BCUT2D eigenvalue weighted by molar-refractivity contribution is 7.89. The fraction of sp³-hybridized carbons (Fsp3) is 0.400. The number of benzene rings is 1. The van der Waals surface area contributed by atoms with Gasteiger partial charge in [-0.05, 0) is 48.9 Å². The molecule has 8 heteroatoms. The maximum atomic E-state index is 12.7. The van der Waals surface area contributed by atoms with Gasteiger partial charge in [0.15, 0.2) is 5.78 Å². The highest BCUT2D eigenvalue weighted by Crippen LogP contribution is 2.21. The van der Waals surface area contributed by atoms with Crippen molar-refractivity contribution in [3.63, 3.8) is 0 Å². The Morgan fingerprint density at radius 3 is 2.57 bits per heavy atom. The van der Waals surface area contributed by atoms with Crippen molar-refractivity contribution >= 4 is 33.1 Å². The molecule has 2 heterocycles. The molecule has 3 rings (SSSR count). The van der Waals surface area contributed by atoms with Crippen molar-refractivity contribution in [3.8, 4) is 0 Å². The molecule has 1 saturated heterocycles. The van der Waals surface area contributed by atoms with E-state index in [0.29, 0.717) is 30.8 Å². The van der Waals surface area contributed by atoms with Crippen LogP contribution in [0.5, 0.6) is 0 Å². The molecule has 1 aromatic carbocycles. The number of carbonyl (C=O) groups is 2. The standard InChI is InChI=1S/C20H23NO5S2/c22-18(19-10-6-14-27-19)9-5-13-26-20(23)16-7-4-8-17(15-16)28(24,25)21-11-2-1-3-12-21/h4,6-8,10,14-15H,1-3,5,9,11-13H2. The van der Waals surface area contributed by atoms with Gasteiger partial charge in [-0.2, -0.15) is 4.31 Å². The van der Waals surface area contributed by atoms with Crippen molar-refractivity contribution in [1.82, 2.24) is 4.31 Å². The number of hydrogen-bond donors (Lipinski definition) is 0. The van der Waals surface area contributed by atoms with Crippen molar-refractivity contribution in [1.29, 1.82) is 0 Å². The Bertz CT molecular complexity index is 916. The summed E-state index contributed by atoms with van der Waals surface area (Å²) in [5.41, 5.74) is 0.197. The van der Waals surface area contributed by atoms with Gasteiger partial charge in [0.25, 0.3) is 0 Å². The normalized spacial score (nSPS) is 15.3. The lowest BCUT2D eigenvalue weighted by molar-refractivity contribution is 0.0494. The Morgan fingerprint density at radius 2 is 1.86 bits per heavy atom. The van der Waals surface area contributed by atoms with Crippen LogP contribution < -0.4 is 0 Å². The summed E-state index contributed by atoms with van der Waals surface area (Å²) in [5, 5.41) is 1.85. The largest absolute Gasteiger partial charge is 0.462 e. The number of rotatable bonds is 8. The van der Waals surface area contributed by atoms with Gasteiger partial charge in [-0.1, -0.05) is 18.6 Å². The van der Waals surface area contributed by atoms with Crippen molar-refractivity contribution in [2.75, 3.05) is 19.7 Å². The number of sulfonamides is 1. The molecule has 1 fully saturated rings. The second-order valence-corrected chi connectivity index (χ2v) is 9.52. The smallest absolute Gasteiger partial charge is 0.338 e. The molecule has 28 heavy (non-hydrogen) atoms. The molecule has 0 spiro atoms. The lowest BCUT2D eigenvalue weighted by atomic mass is 10.2. The van der Waals surface area contributed by atoms with Gasteiger partial charge in [-0.25, -0.2) is 13.2 Å². The maximum Gasteiger partial charge on any atom is 0.338 e. The summed E-state index contributed by atoms with van der Waals surface area (Å²) in [6.07, 6.45) is 3.47. The fourth-order valence-electron chi connectivity index (χ4n) is 3.08. The second kappa shape index (κ2) is 9.45. The first-order valence-electron chi connectivity index (χ1n) is 9.32. The van der Waals surface area contributed by atoms with Crippen LogP contribution in [0.15, 0.2) is 46.7 Å². The van der Waals surface area contributed by atoms with E-state index in [-0.39, 0.29) is 22.8 Å². The molecule has 0 saturated carbocycles. The van der Waals surface area contributed by atoms with Crippen molar-refractivity contribution in [2.24, 2.45) is 0 Å². The van der Waals surface area contributed by atoms with Crippen LogP contribution >= 0.6 is 11.3 Å². The van der Waals surface area contributed by atoms with Gasteiger partial charge >= 0.3 is 5.97 Å². The Kier molecular flexibility index (Phi) is 6.98. The first-order valence-corrected chi connectivity index (χ1v) is 11.6. The topological polar surface area (TPSA) is 80.8 Å². The van der Waals surface area contributed by atoms with Crippen LogP contribution in [-0.4, -0.2) is 44.2 Å². The molecule has 2 aromatic rings. The maximum absolute atomic E-state index is 12.7. The van der Waals surface area contributed by atoms with Crippen LogP contribution in [0.4, 0.5) is 0 Å². The van der Waals surface area contributed by atoms with E-state index in [9.17, 15) is 18.0 Å². The molecule has 1 aliphatic heterocycles. The van der Waals surface area contributed by atoms with Crippen LogP contribution in [-0.2, 0) is 14.8 Å². The number of piperidine rings is 1. The molecule has 0 bridgehead atoms. The average molecular weight is 422 g/mol. The second-order valence-electron chi connectivity index (χ2n) is 6.63. The van der Waals surface area contributed by atoms with Crippen molar-refractivity contribution < 1.29 is 22.7 Å². The third-order valence-corrected chi connectivity index (χ3v) is 7.41. The first kappa shape index (κ1) is 20.7. The number of thiophene rings is 1. The summed E-state index contributed by atoms with van der Waals surface area (Å²) in [4.78, 5) is 25.0. The SMILES string of the molecule is O=C(OCCCC(=O)c1cccs1)c1cccc(S(=O)(=O)N2CCCCC2)c1. The van der Waals surface area contributed by atoms with Crippen LogP contribution in [0.25, 0.3) is 0 Å². The molecule has 0 N–H and O–H groups in total. The van der Waals surface area contributed by atoms with Gasteiger partial charge < -0.3 is 4.74 Å². The summed E-state index contributed by atoms with van der Waals surface area (Å²) in [6.45, 7) is 1.13. The number of esters is 1. The molecule has 150 valence electrons. The summed E-state index contributed by atoms with van der Waals surface area (Å²) in [5.74, 6) is -0.556. The number of nitrogens with zero attached hydrogens (tertiary/aromatic N) is 1. The van der Waals surface area contributed by atoms with Gasteiger partial charge in [0.1, 0.15) is 0 Å². The average Bonchev–Trinajstić information content (AvgIpc) is 3.26. The van der Waals surface area contributed by atoms with Gasteiger partial charge in [0, 0.05) is 19.5 Å². The third-order valence-electron chi connectivity index (χ3n) is 4.60. The molecule has 0 atom stereocenters. The summed E-state index contributed by atoms with van der Waals surface area (Å²) >= 11 is 1.39. The first-order chi connectivity index (χ1) is 13.5. The minimum Gasteiger partial charge on any atom is -0.462 e. The minimum atomic E-state index is -3.60. The Labute approximate surface area is 169 Å². The molecule has 0 radical (unpaired) electrons. The number of ketones is 1. The summed E-state index contributed by atoms with van der Waals surface area (Å²) in [6, 6.07) is 9.54. The molecule has 0 amide bonds. The van der Waals surface area contributed by atoms with Gasteiger partial charge in [-0.15, -0.1) is 11.3 Å². The van der Waals surface area contributed by atoms with Crippen LogP contribution in [0.2, 0.25) is 0 Å². The quantitative estimate of drug-likeness (QED) is 0.368. The van der Waals surface area contributed by atoms with E-state index in [1.165, 1.54) is 33.8 Å². The zero-order valence-corrected chi connectivity index (χ0v) is 17.1. The zero-order chi connectivity index (χ0) is 20.0. The Morgan fingerprint density at radius 1 is 1.07 bits per heavy atom. The summed E-state index contributed by atoms with van der Waals surface area (Å²) in [7, 11) is -3.60. The van der Waals surface area contributed by atoms with E-state index in [2.05, 4.69) is 0 Å². The summed E-state index contributed by atoms with van der Waals surface area (Å²) < 4.78 is 32.2. The van der Waals surface area contributed by atoms with Crippen LogP contribution in [0, 0.1) is 0 Å². The minimum absolute atomic E-state index is 0.0284. The fourth-order valence-corrected chi connectivity index (χ4v) is 5.34. The lowest BCUT2D eigenvalue weighted by Gasteiger charge is -2.25. The molecular weight excluding hydrogens is 398 g/mol. The van der Waals surface area contributed by atoms with E-state index >= 15 is 0 Å². The molecule has 1 aliphatic rings. The monoisotopic (exact) mass is 421 g/mol. The molecule has 6 nitrogen and oxygen atoms in total. The third kappa shape index (κ3) is 5.06. The van der Waals surface area contributed by atoms with Crippen molar-refractivity contribution in [2.45, 2.75) is 37.0 Å². The number of ether oxygens (including phenoxy) is 1. The van der Waals surface area contributed by atoms with E-state index in [1.54, 1.807) is 12.1 Å². The predicted molar refractivity (Wildman–Crippen MR) is 107 cm³/mol. The molecule has 0 unspecified atom stereocenters. The van der Waals surface area contributed by atoms with Gasteiger partial charge in [0.2, 0.25) is 10.0 Å². The van der Waals surface area contributed by atoms with E-state index in [1.807, 2.05) is 11.4 Å². The van der Waals surface area contributed by atoms with Crippen LogP contribution in [0.3, 0.4) is 0 Å². The lowest BCUT2D eigenvalue weighted by Crippen LogP contribution is -2.35. The van der Waals surface area contributed by atoms with E-state index in [0.717, 1.165) is 19.3 Å². The number of Topliss-reactive ketones (excluding diaryl/α,β-unsaturated/α-hetero) is 1. The van der Waals surface area contributed by atoms with Crippen molar-refractivity contribution in [3.05, 3.63) is 52.2 Å². The number of hydrogen-bond acceptors (Lipinski definition) is 6. The van der Waals surface area contributed by atoms with Crippen LogP contribution in [0.1, 0.15) is 52.1 Å².